The number of nitrogens with one attached hydrogen (secondary N) is 3. The number of carbonyl (C=O) groups is 3. The zero-order valence-electron chi connectivity index (χ0n) is 25.9. The molecule has 0 bridgehead atoms. The van der Waals surface area contributed by atoms with Crippen LogP contribution in [0.3, 0.4) is 0 Å². The van der Waals surface area contributed by atoms with Crippen molar-refractivity contribution in [2.75, 3.05) is 12.3 Å². The van der Waals surface area contributed by atoms with Crippen LogP contribution in [0.15, 0.2) is 89.6 Å². The van der Waals surface area contributed by atoms with E-state index in [9.17, 15) is 14.4 Å². The Balaban J connectivity index is 1.37. The second-order valence-electron chi connectivity index (χ2n) is 10.8. The Morgan fingerprint density at radius 3 is 2.21 bits per heavy atom. The lowest BCUT2D eigenvalue weighted by Gasteiger charge is -2.23. The number of fused-ring (bicyclic) bond motifs is 1. The van der Waals surface area contributed by atoms with Crippen molar-refractivity contribution in [2.45, 2.75) is 44.9 Å². The predicted molar refractivity (Wildman–Crippen MR) is 187 cm³/mol. The van der Waals surface area contributed by atoms with E-state index in [4.69, 9.17) is 20.9 Å². The Morgan fingerprint density at radius 2 is 1.51 bits per heavy atom. The standard InChI is InChI=1S/C35H37N5O5S2/c1-2-44-26-13-11-22(12-14-26)17-29(40-35(43)45-34-28(37)15-16-46-34)33(42)39-30(18-25-21-47-31-6-4-3-5-27(25)31)32(41)38-20-24-9-7-23(19-36)8-10-24/h3-16,21,29-30H,2,17-20,36-37H2,1H3,(H,38,41)(H,39,42)(H,40,43)/t29-,30+/m1/s1. The first kappa shape index (κ1) is 33.5. The van der Waals surface area contributed by atoms with Crippen LogP contribution in [0.25, 0.3) is 10.1 Å². The zero-order chi connectivity index (χ0) is 33.2. The molecule has 0 fully saturated rings. The van der Waals surface area contributed by atoms with Crippen molar-refractivity contribution in [1.82, 2.24) is 16.0 Å². The second kappa shape index (κ2) is 16.1. The Bertz CT molecular complexity index is 1800. The van der Waals surface area contributed by atoms with Crippen molar-refractivity contribution in [3.05, 3.63) is 112 Å². The van der Waals surface area contributed by atoms with Gasteiger partial charge in [-0.1, -0.05) is 54.6 Å². The minimum Gasteiger partial charge on any atom is -0.494 e. The average molecular weight is 672 g/mol. The molecule has 0 aliphatic rings. The van der Waals surface area contributed by atoms with Crippen LogP contribution in [0.5, 0.6) is 10.8 Å². The predicted octanol–water partition coefficient (Wildman–Crippen LogP) is 5.15. The molecule has 3 aromatic carbocycles. The number of nitrogens with two attached hydrogens (primary N) is 2. The van der Waals surface area contributed by atoms with E-state index >= 15 is 0 Å². The van der Waals surface area contributed by atoms with Crippen LogP contribution in [0, 0.1) is 0 Å². The van der Waals surface area contributed by atoms with Crippen molar-refractivity contribution in [2.24, 2.45) is 5.73 Å². The summed E-state index contributed by atoms with van der Waals surface area (Å²) in [7, 11) is 0. The van der Waals surface area contributed by atoms with E-state index in [0.29, 0.717) is 24.6 Å². The molecule has 47 heavy (non-hydrogen) atoms. The summed E-state index contributed by atoms with van der Waals surface area (Å²) in [6.45, 7) is 3.11. The molecule has 0 aliphatic carbocycles. The van der Waals surface area contributed by atoms with Crippen LogP contribution in [0.1, 0.15) is 29.2 Å². The highest BCUT2D eigenvalue weighted by atomic mass is 32.1. The molecule has 7 N–H and O–H groups in total. The summed E-state index contributed by atoms with van der Waals surface area (Å²) >= 11 is 2.74. The van der Waals surface area contributed by atoms with E-state index in [-0.39, 0.29) is 30.4 Å². The molecular formula is C35H37N5O5S2. The minimum atomic E-state index is -1.07. The fourth-order valence-corrected chi connectivity index (χ4v) is 6.62. The van der Waals surface area contributed by atoms with Crippen molar-refractivity contribution in [3.8, 4) is 10.8 Å². The van der Waals surface area contributed by atoms with E-state index in [1.165, 1.54) is 11.3 Å². The number of anilines is 1. The molecule has 10 nitrogen and oxygen atoms in total. The number of benzene rings is 3. The summed E-state index contributed by atoms with van der Waals surface area (Å²) in [5.74, 6) is -0.206. The first-order chi connectivity index (χ1) is 22.8. The number of thiophene rings is 2. The average Bonchev–Trinajstić information content (AvgIpc) is 3.69. The quantitative estimate of drug-likeness (QED) is 0.109. The van der Waals surface area contributed by atoms with E-state index in [0.717, 1.165) is 32.3 Å². The molecule has 3 amide bonds. The van der Waals surface area contributed by atoms with Crippen LogP contribution in [-0.2, 0) is 35.5 Å². The molecule has 244 valence electrons. The summed E-state index contributed by atoms with van der Waals surface area (Å²) in [6.07, 6.45) is -0.452. The van der Waals surface area contributed by atoms with Crippen molar-refractivity contribution in [1.29, 1.82) is 0 Å². The van der Waals surface area contributed by atoms with Gasteiger partial charge < -0.3 is 36.9 Å². The van der Waals surface area contributed by atoms with Gasteiger partial charge in [-0.15, -0.1) is 22.7 Å². The Morgan fingerprint density at radius 1 is 0.809 bits per heavy atom. The minimum absolute atomic E-state index is 0.135. The van der Waals surface area contributed by atoms with Crippen LogP contribution < -0.4 is 36.9 Å². The van der Waals surface area contributed by atoms with Gasteiger partial charge in [0.2, 0.25) is 16.9 Å². The number of hydrogen-bond donors (Lipinski definition) is 5. The van der Waals surface area contributed by atoms with Crippen LogP contribution in [-0.4, -0.2) is 36.6 Å². The number of amides is 3. The normalized spacial score (nSPS) is 12.2. The SMILES string of the molecule is CCOc1ccc(C[C@@H](NC(=O)Oc2sccc2N)C(=O)N[C@@H](Cc2csc3ccccc23)C(=O)NCc2ccc(CN)cc2)cc1. The van der Waals surface area contributed by atoms with Crippen LogP contribution in [0.4, 0.5) is 10.5 Å². The summed E-state index contributed by atoms with van der Waals surface area (Å²) in [6, 6.07) is 22.5. The molecular weight excluding hydrogens is 635 g/mol. The second-order valence-corrected chi connectivity index (χ2v) is 12.6. The van der Waals surface area contributed by atoms with Gasteiger partial charge in [-0.25, -0.2) is 4.79 Å². The maximum Gasteiger partial charge on any atom is 0.414 e. The van der Waals surface area contributed by atoms with Gasteiger partial charge in [-0.3, -0.25) is 9.59 Å². The third kappa shape index (κ3) is 9.09. The number of ether oxygens (including phenoxy) is 2. The summed E-state index contributed by atoms with van der Waals surface area (Å²) < 4.78 is 12.0. The van der Waals surface area contributed by atoms with E-state index in [2.05, 4.69) is 16.0 Å². The maximum absolute atomic E-state index is 14.0. The largest absolute Gasteiger partial charge is 0.494 e. The molecule has 0 unspecified atom stereocenters. The molecule has 0 saturated heterocycles. The maximum atomic E-state index is 14.0. The molecule has 12 heteroatoms. The van der Waals surface area contributed by atoms with Gasteiger partial charge in [-0.2, -0.15) is 0 Å². The van der Waals surface area contributed by atoms with Gasteiger partial charge in [-0.05, 0) is 69.6 Å². The van der Waals surface area contributed by atoms with E-state index in [1.807, 2.05) is 73.0 Å². The lowest BCUT2D eigenvalue weighted by Crippen LogP contribution is -2.55. The molecule has 0 radical (unpaired) electrons. The third-order valence-corrected chi connectivity index (χ3v) is 9.29. The summed E-state index contributed by atoms with van der Waals surface area (Å²) in [5.41, 5.74) is 15.5. The van der Waals surface area contributed by atoms with Crippen molar-refractivity contribution in [3.63, 3.8) is 0 Å². The van der Waals surface area contributed by atoms with Crippen molar-refractivity contribution < 1.29 is 23.9 Å². The Labute approximate surface area is 281 Å². The number of carbonyl (C=O) groups excluding carboxylic acids is 3. The smallest absolute Gasteiger partial charge is 0.414 e. The van der Waals surface area contributed by atoms with Gasteiger partial charge in [0, 0.05) is 30.6 Å². The summed E-state index contributed by atoms with van der Waals surface area (Å²) in [5, 5.41) is 13.5. The number of rotatable bonds is 14. The molecule has 2 aromatic heterocycles. The van der Waals surface area contributed by atoms with Gasteiger partial charge in [0.25, 0.3) is 0 Å². The molecule has 2 heterocycles. The highest BCUT2D eigenvalue weighted by Gasteiger charge is 2.29. The van der Waals surface area contributed by atoms with E-state index < -0.39 is 24.1 Å². The Kier molecular flexibility index (Phi) is 11.4. The summed E-state index contributed by atoms with van der Waals surface area (Å²) in [4.78, 5) is 40.6. The molecule has 0 spiro atoms. The fraction of sp³-hybridized carbons (Fsp3) is 0.229. The first-order valence-corrected chi connectivity index (χ1v) is 16.9. The lowest BCUT2D eigenvalue weighted by atomic mass is 10.0. The molecule has 0 aliphatic heterocycles. The topological polar surface area (TPSA) is 158 Å². The van der Waals surface area contributed by atoms with Crippen LogP contribution >= 0.6 is 22.7 Å². The first-order valence-electron chi connectivity index (χ1n) is 15.2. The van der Waals surface area contributed by atoms with Gasteiger partial charge in [0.15, 0.2) is 0 Å². The van der Waals surface area contributed by atoms with Gasteiger partial charge >= 0.3 is 6.09 Å². The molecule has 2 atom stereocenters. The lowest BCUT2D eigenvalue weighted by molar-refractivity contribution is -0.130. The highest BCUT2D eigenvalue weighted by molar-refractivity contribution is 7.17. The van der Waals surface area contributed by atoms with Crippen molar-refractivity contribution >= 4 is 56.4 Å². The number of hydrogen-bond acceptors (Lipinski definition) is 9. The highest BCUT2D eigenvalue weighted by Crippen LogP contribution is 2.29. The van der Waals surface area contributed by atoms with Gasteiger partial charge in [0.1, 0.15) is 17.8 Å². The molecule has 5 rings (SSSR count). The third-order valence-electron chi connectivity index (χ3n) is 7.47. The van der Waals surface area contributed by atoms with Gasteiger partial charge in [0.05, 0.1) is 12.3 Å². The van der Waals surface area contributed by atoms with Crippen LogP contribution in [0.2, 0.25) is 0 Å². The molecule has 5 aromatic rings. The Hall–Kier alpha value is -4.91. The fourth-order valence-electron chi connectivity index (χ4n) is 4.98. The number of nitrogen functional groups attached to an aromatic ring is 1. The molecule has 0 saturated carbocycles. The zero-order valence-corrected chi connectivity index (χ0v) is 27.5. The van der Waals surface area contributed by atoms with E-state index in [1.54, 1.807) is 34.9 Å². The monoisotopic (exact) mass is 671 g/mol.